The standard InChI is InChI=1S/C23H20N6O/c24-12-17-11-16(5-7-20(17)28-22(30)15-3-4-15)21-9-10-25-23(29-21)27-18-6-8-19(26-13-18)14-1-2-14/h5-11,13-15H,1-4H2,(H,28,30)(H,25,27,29). The summed E-state index contributed by atoms with van der Waals surface area (Å²) in [5, 5.41) is 15.5. The Labute approximate surface area is 174 Å². The van der Waals surface area contributed by atoms with Crippen molar-refractivity contribution in [3.05, 3.63) is 60.0 Å². The zero-order chi connectivity index (χ0) is 20.5. The Kier molecular flexibility index (Phi) is 4.60. The number of nitrogens with zero attached hydrogens (tertiary/aromatic N) is 4. The fourth-order valence-electron chi connectivity index (χ4n) is 3.29. The summed E-state index contributed by atoms with van der Waals surface area (Å²) in [6.07, 6.45) is 7.75. The molecule has 2 N–H and O–H groups in total. The molecule has 2 aromatic heterocycles. The van der Waals surface area contributed by atoms with Crippen LogP contribution in [0.1, 0.15) is 42.9 Å². The molecule has 0 radical (unpaired) electrons. The number of carbonyl (C=O) groups excluding carboxylic acids is 1. The van der Waals surface area contributed by atoms with Crippen molar-refractivity contribution < 1.29 is 4.79 Å². The minimum atomic E-state index is -0.0194. The highest BCUT2D eigenvalue weighted by atomic mass is 16.2. The van der Waals surface area contributed by atoms with Crippen LogP contribution in [-0.2, 0) is 4.79 Å². The highest BCUT2D eigenvalue weighted by Crippen LogP contribution is 2.39. The zero-order valence-corrected chi connectivity index (χ0v) is 16.3. The van der Waals surface area contributed by atoms with Gasteiger partial charge in [-0.1, -0.05) is 6.07 Å². The molecule has 5 rings (SSSR count). The number of anilines is 3. The molecule has 0 aliphatic heterocycles. The fraction of sp³-hybridized carbons (Fsp3) is 0.261. The van der Waals surface area contributed by atoms with E-state index in [4.69, 9.17) is 0 Å². The predicted molar refractivity (Wildman–Crippen MR) is 113 cm³/mol. The van der Waals surface area contributed by atoms with Crippen LogP contribution >= 0.6 is 0 Å². The lowest BCUT2D eigenvalue weighted by molar-refractivity contribution is -0.117. The second-order valence-electron chi connectivity index (χ2n) is 7.77. The molecule has 1 amide bonds. The van der Waals surface area contributed by atoms with Gasteiger partial charge in [-0.2, -0.15) is 5.26 Å². The zero-order valence-electron chi connectivity index (χ0n) is 16.3. The molecule has 0 atom stereocenters. The van der Waals surface area contributed by atoms with Gasteiger partial charge in [-0.25, -0.2) is 9.97 Å². The van der Waals surface area contributed by atoms with Crippen LogP contribution in [0.15, 0.2) is 48.8 Å². The summed E-state index contributed by atoms with van der Waals surface area (Å²) in [5.74, 6) is 1.14. The molecule has 1 aromatic carbocycles. The van der Waals surface area contributed by atoms with E-state index < -0.39 is 0 Å². The quantitative estimate of drug-likeness (QED) is 0.641. The molecule has 0 saturated heterocycles. The van der Waals surface area contributed by atoms with E-state index >= 15 is 0 Å². The van der Waals surface area contributed by atoms with Crippen LogP contribution < -0.4 is 10.6 Å². The number of pyridine rings is 1. The predicted octanol–water partition coefficient (Wildman–Crippen LogP) is 4.38. The molecule has 0 unspecified atom stereocenters. The van der Waals surface area contributed by atoms with Gasteiger partial charge in [-0.05, 0) is 56.0 Å². The number of nitriles is 1. The summed E-state index contributed by atoms with van der Waals surface area (Å²) in [5.41, 5.74) is 4.37. The van der Waals surface area contributed by atoms with Crippen molar-refractivity contribution >= 4 is 23.2 Å². The molecule has 148 valence electrons. The Balaban J connectivity index is 1.35. The minimum Gasteiger partial charge on any atom is -0.325 e. The van der Waals surface area contributed by atoms with E-state index in [0.29, 0.717) is 28.8 Å². The lowest BCUT2D eigenvalue weighted by Gasteiger charge is -2.10. The molecular formula is C23H20N6O. The second kappa shape index (κ2) is 7.56. The van der Waals surface area contributed by atoms with E-state index in [-0.39, 0.29) is 11.8 Å². The van der Waals surface area contributed by atoms with Crippen LogP contribution in [0.4, 0.5) is 17.3 Å². The van der Waals surface area contributed by atoms with Crippen LogP contribution in [0.2, 0.25) is 0 Å². The Morgan fingerprint density at radius 1 is 1.07 bits per heavy atom. The Morgan fingerprint density at radius 3 is 2.63 bits per heavy atom. The Morgan fingerprint density at radius 2 is 1.93 bits per heavy atom. The number of benzene rings is 1. The number of amides is 1. The SMILES string of the molecule is N#Cc1cc(-c2ccnc(Nc3ccc(C4CC4)nc3)n2)ccc1NC(=O)C1CC1. The smallest absolute Gasteiger partial charge is 0.227 e. The lowest BCUT2D eigenvalue weighted by atomic mass is 10.1. The first-order chi connectivity index (χ1) is 14.7. The van der Waals surface area contributed by atoms with Crippen molar-refractivity contribution in [2.24, 2.45) is 5.92 Å². The van der Waals surface area contributed by atoms with Crippen molar-refractivity contribution in [2.75, 3.05) is 10.6 Å². The third-order valence-electron chi connectivity index (χ3n) is 5.34. The van der Waals surface area contributed by atoms with E-state index in [2.05, 4.69) is 31.7 Å². The first-order valence-electron chi connectivity index (χ1n) is 10.1. The summed E-state index contributed by atoms with van der Waals surface area (Å²) < 4.78 is 0. The average molecular weight is 396 g/mol. The van der Waals surface area contributed by atoms with Crippen LogP contribution in [0.25, 0.3) is 11.3 Å². The lowest BCUT2D eigenvalue weighted by Crippen LogP contribution is -2.14. The summed E-state index contributed by atoms with van der Waals surface area (Å²) in [6.45, 7) is 0. The molecule has 2 fully saturated rings. The van der Waals surface area contributed by atoms with Crippen molar-refractivity contribution in [3.63, 3.8) is 0 Å². The highest BCUT2D eigenvalue weighted by molar-refractivity contribution is 5.95. The molecule has 2 aliphatic carbocycles. The van der Waals surface area contributed by atoms with Gasteiger partial charge in [0.05, 0.1) is 28.8 Å². The van der Waals surface area contributed by atoms with Crippen LogP contribution in [0.5, 0.6) is 0 Å². The van der Waals surface area contributed by atoms with Crippen molar-refractivity contribution in [3.8, 4) is 17.3 Å². The summed E-state index contributed by atoms with van der Waals surface area (Å²) >= 11 is 0. The summed E-state index contributed by atoms with van der Waals surface area (Å²) in [6, 6.07) is 13.3. The van der Waals surface area contributed by atoms with E-state index in [1.165, 1.54) is 12.8 Å². The number of hydrogen-bond donors (Lipinski definition) is 2. The molecule has 2 heterocycles. The highest BCUT2D eigenvalue weighted by Gasteiger charge is 2.30. The minimum absolute atomic E-state index is 0.0194. The van der Waals surface area contributed by atoms with Gasteiger partial charge in [-0.3, -0.25) is 9.78 Å². The number of aromatic nitrogens is 3. The normalized spacial score (nSPS) is 15.3. The second-order valence-corrected chi connectivity index (χ2v) is 7.77. The molecule has 7 nitrogen and oxygen atoms in total. The third-order valence-corrected chi connectivity index (χ3v) is 5.34. The van der Waals surface area contributed by atoms with E-state index in [9.17, 15) is 10.1 Å². The average Bonchev–Trinajstić information content (AvgIpc) is 3.67. The maximum atomic E-state index is 12.0. The van der Waals surface area contributed by atoms with Crippen molar-refractivity contribution in [1.82, 2.24) is 15.0 Å². The molecule has 3 aromatic rings. The van der Waals surface area contributed by atoms with E-state index in [0.717, 1.165) is 29.8 Å². The van der Waals surface area contributed by atoms with Gasteiger partial charge >= 0.3 is 0 Å². The van der Waals surface area contributed by atoms with Gasteiger partial charge in [-0.15, -0.1) is 0 Å². The molecule has 2 saturated carbocycles. The topological polar surface area (TPSA) is 104 Å². The first kappa shape index (κ1) is 18.3. The molecule has 7 heteroatoms. The van der Waals surface area contributed by atoms with E-state index in [1.807, 2.05) is 18.2 Å². The summed E-state index contributed by atoms with van der Waals surface area (Å²) in [4.78, 5) is 25.4. The molecular weight excluding hydrogens is 376 g/mol. The van der Waals surface area contributed by atoms with Gasteiger partial charge in [0, 0.05) is 29.3 Å². The van der Waals surface area contributed by atoms with E-state index in [1.54, 1.807) is 30.6 Å². The Bertz CT molecular complexity index is 1140. The maximum Gasteiger partial charge on any atom is 0.227 e. The summed E-state index contributed by atoms with van der Waals surface area (Å²) in [7, 11) is 0. The number of nitrogens with one attached hydrogen (secondary N) is 2. The molecule has 0 bridgehead atoms. The molecule has 2 aliphatic rings. The monoisotopic (exact) mass is 396 g/mol. The van der Waals surface area contributed by atoms with Gasteiger partial charge in [0.25, 0.3) is 0 Å². The van der Waals surface area contributed by atoms with Crippen molar-refractivity contribution in [2.45, 2.75) is 31.6 Å². The first-order valence-corrected chi connectivity index (χ1v) is 10.1. The van der Waals surface area contributed by atoms with Crippen LogP contribution in [0, 0.1) is 17.2 Å². The number of carbonyl (C=O) groups is 1. The van der Waals surface area contributed by atoms with Crippen LogP contribution in [0.3, 0.4) is 0 Å². The Hall–Kier alpha value is -3.79. The number of hydrogen-bond acceptors (Lipinski definition) is 6. The van der Waals surface area contributed by atoms with Gasteiger partial charge in [0.2, 0.25) is 11.9 Å². The molecule has 30 heavy (non-hydrogen) atoms. The largest absolute Gasteiger partial charge is 0.325 e. The van der Waals surface area contributed by atoms with Gasteiger partial charge in [0.15, 0.2) is 0 Å². The van der Waals surface area contributed by atoms with Crippen LogP contribution in [-0.4, -0.2) is 20.9 Å². The molecule has 0 spiro atoms. The van der Waals surface area contributed by atoms with Crippen molar-refractivity contribution in [1.29, 1.82) is 5.26 Å². The third kappa shape index (κ3) is 3.98. The number of rotatable bonds is 6. The maximum absolute atomic E-state index is 12.0. The van der Waals surface area contributed by atoms with Gasteiger partial charge < -0.3 is 10.6 Å². The fourth-order valence-corrected chi connectivity index (χ4v) is 3.29. The van der Waals surface area contributed by atoms with Gasteiger partial charge in [0.1, 0.15) is 6.07 Å².